The van der Waals surface area contributed by atoms with Crippen LogP contribution in [0, 0.1) is 23.2 Å². The molecule has 2 bridgehead atoms. The zero-order valence-electron chi connectivity index (χ0n) is 15.6. The Bertz CT molecular complexity index is 825. The summed E-state index contributed by atoms with van der Waals surface area (Å²) >= 11 is 0. The number of nitrogens with two attached hydrogens (primary N) is 1. The number of piperidine rings is 2. The van der Waals surface area contributed by atoms with Gasteiger partial charge in [-0.2, -0.15) is 5.26 Å². The minimum Gasteiger partial charge on any atom is -0.331 e. The molecule has 8 nitrogen and oxygen atoms in total. The molecule has 0 aromatic carbocycles. The lowest BCUT2D eigenvalue weighted by Gasteiger charge is -2.41. The van der Waals surface area contributed by atoms with E-state index in [4.69, 9.17) is 5.73 Å². The Morgan fingerprint density at radius 2 is 1.89 bits per heavy atom. The average Bonchev–Trinajstić information content (AvgIpc) is 3.32. The minimum absolute atomic E-state index is 0.0491. The van der Waals surface area contributed by atoms with Crippen LogP contribution in [0.15, 0.2) is 18.6 Å². The summed E-state index contributed by atoms with van der Waals surface area (Å²) < 4.78 is 0. The van der Waals surface area contributed by atoms with Crippen molar-refractivity contribution in [3.8, 4) is 6.07 Å². The average molecular weight is 380 g/mol. The molecule has 2 amide bonds. The molecule has 5 rings (SSSR count). The predicted molar refractivity (Wildman–Crippen MR) is 98.5 cm³/mol. The summed E-state index contributed by atoms with van der Waals surface area (Å²) in [6, 6.07) is 1.76. The fourth-order valence-electron chi connectivity index (χ4n) is 5.65. The van der Waals surface area contributed by atoms with Gasteiger partial charge >= 0.3 is 0 Å². The maximum absolute atomic E-state index is 13.1. The van der Waals surface area contributed by atoms with Gasteiger partial charge in [0.2, 0.25) is 5.91 Å². The monoisotopic (exact) mass is 380 g/mol. The lowest BCUT2D eigenvalue weighted by Crippen LogP contribution is -2.55. The minimum atomic E-state index is -0.591. The number of amides is 2. The molecule has 2 N–H and O–H groups in total. The third-order valence-electron chi connectivity index (χ3n) is 7.09. The molecule has 4 aliphatic rings. The molecule has 1 aromatic rings. The van der Waals surface area contributed by atoms with Crippen LogP contribution < -0.4 is 5.73 Å². The number of hydrogen-bond donors (Lipinski definition) is 1. The molecule has 146 valence electrons. The predicted octanol–water partition coefficient (Wildman–Crippen LogP) is 0.700. The molecule has 8 heteroatoms. The summed E-state index contributed by atoms with van der Waals surface area (Å²) in [5.41, 5.74) is 6.80. The number of nitriles is 1. The molecule has 1 aliphatic carbocycles. The molecule has 4 heterocycles. The van der Waals surface area contributed by atoms with Crippen LogP contribution in [0.1, 0.15) is 49.0 Å². The lowest BCUT2D eigenvalue weighted by atomic mass is 9.84. The van der Waals surface area contributed by atoms with E-state index in [1.165, 1.54) is 12.4 Å². The van der Waals surface area contributed by atoms with Gasteiger partial charge in [0.05, 0.1) is 18.3 Å². The van der Waals surface area contributed by atoms with E-state index in [0.717, 1.165) is 38.5 Å². The van der Waals surface area contributed by atoms with Gasteiger partial charge in [-0.25, -0.2) is 4.98 Å². The quantitative estimate of drug-likeness (QED) is 0.825. The van der Waals surface area contributed by atoms with Crippen molar-refractivity contribution in [2.45, 2.75) is 68.7 Å². The van der Waals surface area contributed by atoms with Crippen LogP contribution in [0.5, 0.6) is 0 Å². The summed E-state index contributed by atoms with van der Waals surface area (Å²) in [4.78, 5) is 37.8. The summed E-state index contributed by atoms with van der Waals surface area (Å²) in [6.45, 7) is 0. The topological polar surface area (TPSA) is 116 Å². The summed E-state index contributed by atoms with van der Waals surface area (Å²) in [5.74, 6) is 0.384. The van der Waals surface area contributed by atoms with Gasteiger partial charge in [0.25, 0.3) is 5.91 Å². The van der Waals surface area contributed by atoms with Crippen molar-refractivity contribution in [3.63, 3.8) is 0 Å². The van der Waals surface area contributed by atoms with Gasteiger partial charge in [0, 0.05) is 30.5 Å². The highest BCUT2D eigenvalue weighted by molar-refractivity contribution is 5.92. The van der Waals surface area contributed by atoms with Crippen molar-refractivity contribution in [2.75, 3.05) is 0 Å². The van der Waals surface area contributed by atoms with Gasteiger partial charge in [-0.15, -0.1) is 0 Å². The second-order valence-corrected chi connectivity index (χ2v) is 8.63. The third-order valence-corrected chi connectivity index (χ3v) is 7.09. The van der Waals surface area contributed by atoms with Crippen molar-refractivity contribution < 1.29 is 9.59 Å². The number of likely N-dealkylation sites (tertiary alicyclic amines) is 1. The van der Waals surface area contributed by atoms with Crippen LogP contribution in [0.4, 0.5) is 0 Å². The summed E-state index contributed by atoms with van der Waals surface area (Å²) in [5, 5.41) is 9.37. The Morgan fingerprint density at radius 1 is 1.14 bits per heavy atom. The SMILES string of the molecule is N#CC1CC2CC2N1C(=O)[C@@H](N)C1CC2CC[C@@H](C1)N2C(=O)c1cnccn1. The molecule has 3 saturated heterocycles. The number of carbonyl (C=O) groups excluding carboxylic acids is 2. The van der Waals surface area contributed by atoms with Gasteiger partial charge in [0.15, 0.2) is 0 Å². The molecule has 5 unspecified atom stereocenters. The highest BCUT2D eigenvalue weighted by atomic mass is 16.2. The van der Waals surface area contributed by atoms with Crippen molar-refractivity contribution in [1.29, 1.82) is 5.26 Å². The van der Waals surface area contributed by atoms with Crippen LogP contribution in [0.25, 0.3) is 0 Å². The zero-order chi connectivity index (χ0) is 19.4. The Labute approximate surface area is 163 Å². The highest BCUT2D eigenvalue weighted by Crippen LogP contribution is 2.48. The molecule has 0 radical (unpaired) electrons. The van der Waals surface area contributed by atoms with Crippen LogP contribution >= 0.6 is 0 Å². The molecular formula is C20H24N6O2. The molecule has 7 atom stereocenters. The van der Waals surface area contributed by atoms with Gasteiger partial charge in [-0.1, -0.05) is 0 Å². The second kappa shape index (κ2) is 6.52. The fourth-order valence-corrected chi connectivity index (χ4v) is 5.65. The van der Waals surface area contributed by atoms with E-state index in [1.807, 2.05) is 4.90 Å². The molecule has 1 aromatic heterocycles. The van der Waals surface area contributed by atoms with Crippen LogP contribution in [-0.2, 0) is 4.79 Å². The van der Waals surface area contributed by atoms with Gasteiger partial charge in [-0.05, 0) is 50.4 Å². The van der Waals surface area contributed by atoms with Crippen LogP contribution in [0.2, 0.25) is 0 Å². The molecular weight excluding hydrogens is 356 g/mol. The molecule has 3 aliphatic heterocycles. The third kappa shape index (κ3) is 2.68. The number of fused-ring (bicyclic) bond motifs is 3. The van der Waals surface area contributed by atoms with E-state index < -0.39 is 6.04 Å². The van der Waals surface area contributed by atoms with Gasteiger partial charge in [0.1, 0.15) is 11.7 Å². The first-order chi connectivity index (χ1) is 13.6. The molecule has 1 saturated carbocycles. The maximum Gasteiger partial charge on any atom is 0.274 e. The van der Waals surface area contributed by atoms with E-state index in [9.17, 15) is 14.9 Å². The molecule has 28 heavy (non-hydrogen) atoms. The first-order valence-electron chi connectivity index (χ1n) is 10.1. The standard InChI is InChI=1S/C20H24N6O2/c21-9-15-5-11-8-17(11)26(15)20(28)18(22)12-6-13-1-2-14(7-12)25(13)19(27)16-10-23-3-4-24-16/h3-4,10-15,17-18H,1-2,5-8,22H2/t11?,12?,13-,14?,15?,17?,18-/m0/s1. The number of hydrogen-bond acceptors (Lipinski definition) is 6. The largest absolute Gasteiger partial charge is 0.331 e. The Morgan fingerprint density at radius 3 is 2.54 bits per heavy atom. The van der Waals surface area contributed by atoms with Gasteiger partial charge < -0.3 is 15.5 Å². The Balaban J connectivity index is 1.29. The second-order valence-electron chi connectivity index (χ2n) is 8.63. The van der Waals surface area contributed by atoms with E-state index >= 15 is 0 Å². The normalized spacial score (nSPS) is 36.6. The van der Waals surface area contributed by atoms with E-state index in [-0.39, 0.29) is 41.9 Å². The smallest absolute Gasteiger partial charge is 0.274 e. The highest BCUT2D eigenvalue weighted by Gasteiger charge is 2.56. The molecule has 0 spiro atoms. The van der Waals surface area contributed by atoms with Crippen molar-refractivity contribution in [1.82, 2.24) is 19.8 Å². The maximum atomic E-state index is 13.1. The van der Waals surface area contributed by atoms with E-state index in [1.54, 1.807) is 11.1 Å². The van der Waals surface area contributed by atoms with E-state index in [0.29, 0.717) is 11.6 Å². The number of nitrogens with zero attached hydrogens (tertiary/aromatic N) is 5. The van der Waals surface area contributed by atoms with Crippen LogP contribution in [0.3, 0.4) is 0 Å². The lowest BCUT2D eigenvalue weighted by molar-refractivity contribution is -0.135. The molecule has 4 fully saturated rings. The van der Waals surface area contributed by atoms with Crippen molar-refractivity contribution >= 4 is 11.8 Å². The Kier molecular flexibility index (Phi) is 4.09. The fraction of sp³-hybridized carbons (Fsp3) is 0.650. The first kappa shape index (κ1) is 17.6. The Hall–Kier alpha value is -2.53. The van der Waals surface area contributed by atoms with Crippen molar-refractivity contribution in [2.24, 2.45) is 17.6 Å². The number of carbonyl (C=O) groups is 2. The van der Waals surface area contributed by atoms with Gasteiger partial charge in [-0.3, -0.25) is 14.6 Å². The van der Waals surface area contributed by atoms with Crippen molar-refractivity contribution in [3.05, 3.63) is 24.3 Å². The summed E-state index contributed by atoms with van der Waals surface area (Å²) in [7, 11) is 0. The van der Waals surface area contributed by atoms with E-state index in [2.05, 4.69) is 16.0 Å². The van der Waals surface area contributed by atoms with Crippen LogP contribution in [-0.4, -0.2) is 61.8 Å². The number of aromatic nitrogens is 2. The zero-order valence-corrected chi connectivity index (χ0v) is 15.6. The summed E-state index contributed by atoms with van der Waals surface area (Å²) in [6.07, 6.45) is 9.71. The first-order valence-corrected chi connectivity index (χ1v) is 10.1. The number of rotatable bonds is 3.